The van der Waals surface area contributed by atoms with Gasteiger partial charge >= 0.3 is 17.9 Å². The molecule has 9 nitrogen and oxygen atoms in total. The van der Waals surface area contributed by atoms with Crippen molar-refractivity contribution in [2.75, 3.05) is 0 Å². The van der Waals surface area contributed by atoms with Gasteiger partial charge in [-0.3, -0.25) is 4.79 Å². The van der Waals surface area contributed by atoms with E-state index in [2.05, 4.69) is 0 Å². The van der Waals surface area contributed by atoms with Crippen LogP contribution in [0.4, 0.5) is 0 Å². The molecule has 0 aromatic heterocycles. The predicted molar refractivity (Wildman–Crippen MR) is 117 cm³/mol. The molecule has 0 aliphatic rings. The highest BCUT2D eigenvalue weighted by molar-refractivity contribution is 6.07. The average molecular weight is 450 g/mol. The fraction of sp³-hybridized carbons (Fsp3) is 0. The van der Waals surface area contributed by atoms with Crippen LogP contribution in [0.3, 0.4) is 0 Å². The number of phenols is 2. The van der Waals surface area contributed by atoms with Gasteiger partial charge in [0.15, 0.2) is 5.78 Å². The minimum absolute atomic E-state index is 0.128. The second kappa shape index (κ2) is 10.9. The Kier molecular flexibility index (Phi) is 8.05. The van der Waals surface area contributed by atoms with E-state index in [9.17, 15) is 24.3 Å². The molecule has 3 aromatic rings. The van der Waals surface area contributed by atoms with Crippen LogP contribution in [0.1, 0.15) is 47.0 Å². The number of ketones is 1. The van der Waals surface area contributed by atoms with Crippen LogP contribution in [0.2, 0.25) is 0 Å². The summed E-state index contributed by atoms with van der Waals surface area (Å²) in [5, 5.41) is 44.3. The second-order valence-electron chi connectivity index (χ2n) is 6.52. The molecule has 0 radical (unpaired) electrons. The van der Waals surface area contributed by atoms with E-state index in [-0.39, 0.29) is 22.8 Å². The highest BCUT2D eigenvalue weighted by atomic mass is 16.4. The molecule has 33 heavy (non-hydrogen) atoms. The summed E-state index contributed by atoms with van der Waals surface area (Å²) in [6.07, 6.45) is 3.07. The third-order valence-corrected chi connectivity index (χ3v) is 4.18. The maximum absolute atomic E-state index is 11.8. The molecule has 0 spiro atoms. The molecular formula is C24H18O9. The summed E-state index contributed by atoms with van der Waals surface area (Å²) >= 11 is 0. The number of phenolic OH excluding ortho intramolecular Hbond substituents is 2. The molecule has 5 N–H and O–H groups in total. The molecule has 9 heteroatoms. The van der Waals surface area contributed by atoms with Gasteiger partial charge in [-0.05, 0) is 66.2 Å². The first-order valence-corrected chi connectivity index (χ1v) is 9.23. The molecule has 0 saturated carbocycles. The van der Waals surface area contributed by atoms with Gasteiger partial charge in [-0.25, -0.2) is 14.4 Å². The quantitative estimate of drug-likeness (QED) is 0.277. The zero-order valence-corrected chi connectivity index (χ0v) is 16.9. The topological polar surface area (TPSA) is 169 Å². The fourth-order valence-electron chi connectivity index (χ4n) is 2.56. The minimum atomic E-state index is -1.48. The van der Waals surface area contributed by atoms with E-state index in [1.807, 2.05) is 0 Å². The summed E-state index contributed by atoms with van der Waals surface area (Å²) in [5.74, 6) is -4.06. The SMILES string of the molecule is O=C(C=Cc1cccc(O)c1)c1ccc(O)cc1.O=C(O)c1ccc(C(=O)O)c(C(=O)O)c1. The normalized spacial score (nSPS) is 10.2. The van der Waals surface area contributed by atoms with Crippen molar-refractivity contribution < 1.29 is 44.7 Å². The number of carbonyl (C=O) groups excluding carboxylic acids is 1. The van der Waals surface area contributed by atoms with Crippen molar-refractivity contribution in [3.8, 4) is 11.5 Å². The molecule has 168 valence electrons. The van der Waals surface area contributed by atoms with Crippen LogP contribution in [0.5, 0.6) is 11.5 Å². The molecule has 3 rings (SSSR count). The van der Waals surface area contributed by atoms with Crippen LogP contribution in [0.25, 0.3) is 6.08 Å². The lowest BCUT2D eigenvalue weighted by molar-refractivity contribution is 0.0649. The largest absolute Gasteiger partial charge is 0.508 e. The van der Waals surface area contributed by atoms with Crippen molar-refractivity contribution in [2.45, 2.75) is 0 Å². The minimum Gasteiger partial charge on any atom is -0.508 e. The van der Waals surface area contributed by atoms with Crippen LogP contribution < -0.4 is 0 Å². The van der Waals surface area contributed by atoms with E-state index in [0.29, 0.717) is 5.56 Å². The Bertz CT molecular complexity index is 1220. The summed E-state index contributed by atoms with van der Waals surface area (Å²) in [5.41, 5.74) is 0.0126. The molecule has 3 aromatic carbocycles. The standard InChI is InChI=1S/C15H12O3.C9H6O6/c16-13-7-5-12(6-8-13)15(18)9-4-11-2-1-3-14(17)10-11;10-7(11)4-1-2-5(8(12)13)6(3-4)9(14)15/h1-10,16-17H;1-3H,(H,10,11)(H,12,13)(H,14,15). The Morgan fingerprint density at radius 1 is 0.606 bits per heavy atom. The first-order valence-electron chi connectivity index (χ1n) is 9.23. The van der Waals surface area contributed by atoms with Crippen molar-refractivity contribution in [1.29, 1.82) is 0 Å². The van der Waals surface area contributed by atoms with Crippen molar-refractivity contribution in [3.63, 3.8) is 0 Å². The van der Waals surface area contributed by atoms with Crippen molar-refractivity contribution in [3.05, 3.63) is 101 Å². The Morgan fingerprint density at radius 2 is 1.21 bits per heavy atom. The van der Waals surface area contributed by atoms with E-state index >= 15 is 0 Å². The number of hydrogen-bond acceptors (Lipinski definition) is 6. The highest BCUT2D eigenvalue weighted by Crippen LogP contribution is 2.15. The lowest BCUT2D eigenvalue weighted by Gasteiger charge is -2.02. The Balaban J connectivity index is 0.000000238. The molecule has 0 bridgehead atoms. The Labute approximate surface area is 187 Å². The average Bonchev–Trinajstić information content (AvgIpc) is 2.78. The van der Waals surface area contributed by atoms with Gasteiger partial charge in [-0.2, -0.15) is 0 Å². The van der Waals surface area contributed by atoms with Crippen molar-refractivity contribution in [1.82, 2.24) is 0 Å². The summed E-state index contributed by atoms with van der Waals surface area (Å²) < 4.78 is 0. The zero-order valence-electron chi connectivity index (χ0n) is 16.9. The molecule has 0 atom stereocenters. The predicted octanol–water partition coefficient (Wildman–Crippen LogP) is 3.78. The van der Waals surface area contributed by atoms with Gasteiger partial charge in [0, 0.05) is 5.56 Å². The summed E-state index contributed by atoms with van der Waals surface area (Å²) in [4.78, 5) is 43.5. The number of allylic oxidation sites excluding steroid dienone is 1. The maximum Gasteiger partial charge on any atom is 0.336 e. The van der Waals surface area contributed by atoms with Crippen LogP contribution in [-0.2, 0) is 0 Å². The number of carbonyl (C=O) groups is 4. The molecular weight excluding hydrogens is 432 g/mol. The van der Waals surface area contributed by atoms with Crippen LogP contribution in [-0.4, -0.2) is 49.2 Å². The third-order valence-electron chi connectivity index (χ3n) is 4.18. The van der Waals surface area contributed by atoms with Gasteiger partial charge in [0.25, 0.3) is 0 Å². The first-order chi connectivity index (χ1) is 15.6. The summed E-state index contributed by atoms with van der Waals surface area (Å²) in [6.45, 7) is 0. The van der Waals surface area contributed by atoms with Crippen LogP contribution in [0.15, 0.2) is 72.8 Å². The van der Waals surface area contributed by atoms with Crippen LogP contribution >= 0.6 is 0 Å². The number of hydrogen-bond donors (Lipinski definition) is 5. The van der Waals surface area contributed by atoms with Crippen LogP contribution in [0, 0.1) is 0 Å². The Hall–Kier alpha value is -4.92. The highest BCUT2D eigenvalue weighted by Gasteiger charge is 2.17. The fourth-order valence-corrected chi connectivity index (χ4v) is 2.56. The molecule has 0 aliphatic carbocycles. The summed E-state index contributed by atoms with van der Waals surface area (Å²) in [6, 6.07) is 15.5. The van der Waals surface area contributed by atoms with Gasteiger partial charge in [-0.15, -0.1) is 0 Å². The van der Waals surface area contributed by atoms with Crippen molar-refractivity contribution >= 4 is 29.8 Å². The van der Waals surface area contributed by atoms with Gasteiger partial charge in [-0.1, -0.05) is 18.2 Å². The number of rotatable bonds is 6. The number of carboxylic acid groups (broad SMARTS) is 3. The smallest absolute Gasteiger partial charge is 0.336 e. The molecule has 0 unspecified atom stereocenters. The van der Waals surface area contributed by atoms with E-state index in [0.717, 1.165) is 23.8 Å². The van der Waals surface area contributed by atoms with Gasteiger partial charge in [0.05, 0.1) is 16.7 Å². The van der Waals surface area contributed by atoms with E-state index in [4.69, 9.17) is 20.4 Å². The van der Waals surface area contributed by atoms with E-state index < -0.39 is 29.0 Å². The molecule has 0 amide bonds. The number of carboxylic acids is 3. The molecule has 0 saturated heterocycles. The lowest BCUT2D eigenvalue weighted by Crippen LogP contribution is -2.10. The summed E-state index contributed by atoms with van der Waals surface area (Å²) in [7, 11) is 0. The molecule has 0 heterocycles. The monoisotopic (exact) mass is 450 g/mol. The van der Waals surface area contributed by atoms with Gasteiger partial charge in [0.2, 0.25) is 0 Å². The van der Waals surface area contributed by atoms with Crippen molar-refractivity contribution in [2.24, 2.45) is 0 Å². The zero-order chi connectivity index (χ0) is 24.5. The molecule has 0 aliphatic heterocycles. The molecule has 0 fully saturated rings. The third kappa shape index (κ3) is 7.07. The Morgan fingerprint density at radius 3 is 1.76 bits per heavy atom. The maximum atomic E-state index is 11.8. The van der Waals surface area contributed by atoms with E-state index in [1.165, 1.54) is 18.2 Å². The van der Waals surface area contributed by atoms with Gasteiger partial charge in [0.1, 0.15) is 11.5 Å². The second-order valence-corrected chi connectivity index (χ2v) is 6.52. The van der Waals surface area contributed by atoms with E-state index in [1.54, 1.807) is 42.5 Å². The first kappa shape index (κ1) is 24.4. The number of aromatic carboxylic acids is 3. The number of aromatic hydroxyl groups is 2. The lowest BCUT2D eigenvalue weighted by atomic mass is 10.0. The van der Waals surface area contributed by atoms with Gasteiger partial charge < -0.3 is 25.5 Å². The number of benzene rings is 3.